The van der Waals surface area contributed by atoms with Crippen LogP contribution < -0.4 is 0 Å². The largest absolute Gasteiger partial charge is 0.260 e. The van der Waals surface area contributed by atoms with E-state index in [2.05, 4.69) is 230 Å². The van der Waals surface area contributed by atoms with Gasteiger partial charge in [0.15, 0.2) is 0 Å². The Kier molecular flexibility index (Phi) is 13.6. The number of rotatable bonds is 9. The number of hydrogen-bond donors (Lipinski definition) is 0. The minimum Gasteiger partial charge on any atom is -0.260 e. The highest BCUT2D eigenvalue weighted by Crippen LogP contribution is 2.44. The topological polar surface area (TPSA) is 77.3 Å². The van der Waals surface area contributed by atoms with E-state index in [1.54, 1.807) is 0 Å². The third-order valence-electron chi connectivity index (χ3n) is 14.8. The highest BCUT2D eigenvalue weighted by Gasteiger charge is 2.21. The normalized spacial score (nSPS) is 12.0. The van der Waals surface area contributed by atoms with Gasteiger partial charge in [-0.25, -0.2) is 0 Å². The van der Waals surface area contributed by atoms with Crippen LogP contribution in [0.15, 0.2) is 177 Å². The molecule has 378 valence electrons. The van der Waals surface area contributed by atoms with E-state index in [0.717, 1.165) is 118 Å². The molecule has 0 N–H and O–H groups in total. The zero-order valence-electron chi connectivity index (χ0n) is 46.4. The molecule has 0 unspecified atom stereocenters. The molecule has 0 atom stereocenters. The van der Waals surface area contributed by atoms with Gasteiger partial charge in [0.2, 0.25) is 0 Å². The van der Waals surface area contributed by atoms with Crippen LogP contribution in [-0.4, -0.2) is 29.9 Å². The highest BCUT2D eigenvalue weighted by molar-refractivity contribution is 5.95. The molecule has 0 aliphatic carbocycles. The second kappa shape index (κ2) is 20.1. The fourth-order valence-corrected chi connectivity index (χ4v) is 9.81. The van der Waals surface area contributed by atoms with Crippen LogP contribution in [0, 0.1) is 27.7 Å². The molecular weight excluding hydrogens is 925 g/mol. The Morgan fingerprint density at radius 3 is 0.750 bits per heavy atom. The van der Waals surface area contributed by atoms with Crippen molar-refractivity contribution in [1.29, 1.82) is 0 Å². The first-order chi connectivity index (χ1) is 36.2. The van der Waals surface area contributed by atoms with Gasteiger partial charge in [0, 0.05) is 104 Å². The van der Waals surface area contributed by atoms with Gasteiger partial charge in [-0.2, -0.15) is 0 Å². The van der Waals surface area contributed by atoms with Gasteiger partial charge in [-0.3, -0.25) is 29.9 Å². The molecule has 6 aromatic heterocycles. The second-order valence-electron chi connectivity index (χ2n) is 23.7. The Morgan fingerprint density at radius 1 is 0.237 bits per heavy atom. The molecule has 10 aromatic rings. The lowest BCUT2D eigenvalue weighted by atomic mass is 9.84. The number of nitrogens with zero attached hydrogens (tertiary/aromatic N) is 6. The van der Waals surface area contributed by atoms with E-state index in [1.807, 2.05) is 37.2 Å². The Hall–Kier alpha value is -8.22. The Labute approximate surface area is 450 Å². The van der Waals surface area contributed by atoms with Crippen molar-refractivity contribution in [2.75, 3.05) is 0 Å². The monoisotopic (exact) mass is 993 g/mol. The van der Waals surface area contributed by atoms with Gasteiger partial charge >= 0.3 is 0 Å². The van der Waals surface area contributed by atoms with Gasteiger partial charge in [0.25, 0.3) is 0 Å². The van der Waals surface area contributed by atoms with Crippen LogP contribution in [0.5, 0.6) is 0 Å². The van der Waals surface area contributed by atoms with Crippen molar-refractivity contribution in [3.05, 3.63) is 216 Å². The zero-order chi connectivity index (χ0) is 53.7. The van der Waals surface area contributed by atoms with E-state index in [-0.39, 0.29) is 16.2 Å². The standard InChI is InChI=1S/C70H68N6/c1-43-30-58(48-19-25-63(72-38-48)51-22-28-66(75-41-51)69(8,9)10)60(32-45(43)3)54-34-53(57-17-15-14-16-56(57)47-18-24-62(71-37-47)50-21-27-65(74-40-50)68(5,6)7)35-55(36-54)61-33-46(4)44(2)31-59(61)49-20-26-64(73-39-49)52-23-29-67(76-42-52)70(11,12)13/h14-42H,1-13H3. The van der Waals surface area contributed by atoms with Crippen molar-refractivity contribution in [3.63, 3.8) is 0 Å². The lowest BCUT2D eigenvalue weighted by molar-refractivity contribution is 0.569. The number of aromatic nitrogens is 6. The van der Waals surface area contributed by atoms with E-state index in [4.69, 9.17) is 29.9 Å². The molecule has 0 fully saturated rings. The van der Waals surface area contributed by atoms with E-state index in [0.29, 0.717) is 0 Å². The Balaban J connectivity index is 1.12. The molecule has 0 aliphatic heterocycles. The summed E-state index contributed by atoms with van der Waals surface area (Å²) in [7, 11) is 0. The molecule has 0 spiro atoms. The number of aryl methyl sites for hydroxylation is 4. The minimum absolute atomic E-state index is 0.0300. The van der Waals surface area contributed by atoms with E-state index >= 15 is 0 Å². The van der Waals surface area contributed by atoms with Crippen LogP contribution in [-0.2, 0) is 16.2 Å². The summed E-state index contributed by atoms with van der Waals surface area (Å²) in [6, 6.07) is 50.8. The molecular formula is C70H68N6. The van der Waals surface area contributed by atoms with Crippen molar-refractivity contribution in [2.45, 2.75) is 106 Å². The summed E-state index contributed by atoms with van der Waals surface area (Å²) in [5.74, 6) is 0. The van der Waals surface area contributed by atoms with Crippen LogP contribution in [0.2, 0.25) is 0 Å². The molecule has 76 heavy (non-hydrogen) atoms. The maximum atomic E-state index is 5.06. The highest BCUT2D eigenvalue weighted by atomic mass is 14.7. The molecule has 6 nitrogen and oxygen atoms in total. The van der Waals surface area contributed by atoms with Gasteiger partial charge in [0.1, 0.15) is 0 Å². The first kappa shape index (κ1) is 51.3. The molecule has 6 heterocycles. The van der Waals surface area contributed by atoms with Crippen molar-refractivity contribution in [2.24, 2.45) is 0 Å². The predicted molar refractivity (Wildman–Crippen MR) is 317 cm³/mol. The molecule has 0 radical (unpaired) electrons. The molecule has 6 heteroatoms. The Morgan fingerprint density at radius 2 is 0.487 bits per heavy atom. The van der Waals surface area contributed by atoms with Crippen LogP contribution >= 0.6 is 0 Å². The summed E-state index contributed by atoms with van der Waals surface area (Å²) >= 11 is 0. The summed E-state index contributed by atoms with van der Waals surface area (Å²) in [4.78, 5) is 29.6. The van der Waals surface area contributed by atoms with Crippen LogP contribution in [0.1, 0.15) is 102 Å². The van der Waals surface area contributed by atoms with Crippen molar-refractivity contribution < 1.29 is 0 Å². The molecule has 0 bridgehead atoms. The van der Waals surface area contributed by atoms with Gasteiger partial charge in [-0.15, -0.1) is 0 Å². The van der Waals surface area contributed by atoms with Gasteiger partial charge in [0.05, 0.1) is 17.1 Å². The van der Waals surface area contributed by atoms with Gasteiger partial charge in [-0.05, 0) is 173 Å². The second-order valence-corrected chi connectivity index (χ2v) is 23.7. The van der Waals surface area contributed by atoms with Crippen LogP contribution in [0.25, 0.3) is 101 Å². The molecule has 0 amide bonds. The van der Waals surface area contributed by atoms with E-state index < -0.39 is 0 Å². The maximum Gasteiger partial charge on any atom is 0.0717 e. The average Bonchev–Trinajstić information content (AvgIpc) is 3.42. The van der Waals surface area contributed by atoms with Gasteiger partial charge in [-0.1, -0.05) is 129 Å². The number of benzene rings is 4. The first-order valence-corrected chi connectivity index (χ1v) is 26.5. The summed E-state index contributed by atoms with van der Waals surface area (Å²) in [6.07, 6.45) is 11.8. The third kappa shape index (κ3) is 10.7. The van der Waals surface area contributed by atoms with Crippen LogP contribution in [0.4, 0.5) is 0 Å². The molecule has 0 saturated carbocycles. The Bertz CT molecular complexity index is 3550. The molecule has 0 saturated heterocycles. The number of pyridine rings is 6. The van der Waals surface area contributed by atoms with E-state index in [9.17, 15) is 0 Å². The third-order valence-corrected chi connectivity index (χ3v) is 14.8. The summed E-state index contributed by atoms with van der Waals surface area (Å²) < 4.78 is 0. The lowest BCUT2D eigenvalue weighted by Gasteiger charge is -2.20. The maximum absolute atomic E-state index is 5.06. The van der Waals surface area contributed by atoms with Crippen LogP contribution in [0.3, 0.4) is 0 Å². The lowest BCUT2D eigenvalue weighted by Crippen LogP contribution is -2.12. The van der Waals surface area contributed by atoms with Crippen molar-refractivity contribution >= 4 is 0 Å². The van der Waals surface area contributed by atoms with Crippen molar-refractivity contribution in [3.8, 4) is 101 Å². The average molecular weight is 993 g/mol. The first-order valence-electron chi connectivity index (χ1n) is 26.5. The summed E-state index contributed by atoms with van der Waals surface area (Å²) in [6.45, 7) is 28.5. The molecule has 10 rings (SSSR count). The predicted octanol–water partition coefficient (Wildman–Crippen LogP) is 18.2. The van der Waals surface area contributed by atoms with E-state index in [1.165, 1.54) is 22.3 Å². The molecule has 0 aliphatic rings. The summed E-state index contributed by atoms with van der Waals surface area (Å²) in [5, 5.41) is 0. The molecule has 4 aromatic carbocycles. The quantitative estimate of drug-likeness (QED) is 0.143. The minimum atomic E-state index is -0.0318. The SMILES string of the molecule is Cc1cc(-c2ccc(-c3ccc(C(C)(C)C)nc3)nc2)c(-c2cc(-c3ccccc3-c3ccc(-c4ccc(C(C)(C)C)nc4)nc3)cc(-c3cc(C)c(C)cc3-c3ccc(-c4ccc(C(C)(C)C)nc4)nc3)c2)cc1C. The zero-order valence-corrected chi connectivity index (χ0v) is 46.4. The smallest absolute Gasteiger partial charge is 0.0717 e. The fourth-order valence-electron chi connectivity index (χ4n) is 9.81. The van der Waals surface area contributed by atoms with Gasteiger partial charge < -0.3 is 0 Å². The fraction of sp³-hybridized carbons (Fsp3) is 0.229. The van der Waals surface area contributed by atoms with Crippen molar-refractivity contribution in [1.82, 2.24) is 29.9 Å². The number of hydrogen-bond acceptors (Lipinski definition) is 6. The summed E-state index contributed by atoms with van der Waals surface area (Å²) in [5.41, 5.74) is 26.8.